The molecule has 0 heterocycles. The monoisotopic (exact) mass is 346 g/mol. The number of ether oxygens (including phenoxy) is 1. The van der Waals surface area contributed by atoms with Gasteiger partial charge >= 0.3 is 0 Å². The van der Waals surface area contributed by atoms with E-state index in [4.69, 9.17) is 15.9 Å². The van der Waals surface area contributed by atoms with Crippen LogP contribution in [0.3, 0.4) is 0 Å². The average molecular weight is 347 g/mol. The number of aryl methyl sites for hydroxylation is 1. The summed E-state index contributed by atoms with van der Waals surface area (Å²) in [5.41, 5.74) is 8.50. The fraction of sp³-hybridized carbons (Fsp3) is 0.235. The molecule has 0 radical (unpaired) electrons. The molecule has 3 nitrogen and oxygen atoms in total. The predicted octanol–water partition coefficient (Wildman–Crippen LogP) is 4.96. The largest absolute Gasteiger partial charge is 0.456 e. The molecule has 0 fully saturated rings. The fourth-order valence-electron chi connectivity index (χ4n) is 2.06. The van der Waals surface area contributed by atoms with Gasteiger partial charge in [-0.3, -0.25) is 5.41 Å². The zero-order chi connectivity index (χ0) is 15.6. The van der Waals surface area contributed by atoms with Gasteiger partial charge in [0.25, 0.3) is 0 Å². The van der Waals surface area contributed by atoms with Crippen LogP contribution in [0.1, 0.15) is 36.5 Å². The molecule has 2 aromatic rings. The van der Waals surface area contributed by atoms with Crippen molar-refractivity contribution in [3.8, 4) is 11.5 Å². The number of nitrogens with one attached hydrogen (secondary N) is 1. The molecule has 3 N–H and O–H groups in total. The van der Waals surface area contributed by atoms with Crippen molar-refractivity contribution in [3.63, 3.8) is 0 Å². The SMILES string of the molecule is Cc1ccc(C(C)C)cc1Oc1cccc(Br)c1C(=N)N. The summed E-state index contributed by atoms with van der Waals surface area (Å²) in [6, 6.07) is 11.7. The Hall–Kier alpha value is -1.81. The molecule has 0 saturated carbocycles. The van der Waals surface area contributed by atoms with E-state index in [0.29, 0.717) is 17.2 Å². The number of hydrogen-bond donors (Lipinski definition) is 2. The van der Waals surface area contributed by atoms with Crippen LogP contribution in [0, 0.1) is 12.3 Å². The Kier molecular flexibility index (Phi) is 4.68. The Labute approximate surface area is 133 Å². The maximum absolute atomic E-state index is 7.71. The third-order valence-electron chi connectivity index (χ3n) is 3.34. The lowest BCUT2D eigenvalue weighted by atomic mass is 10.0. The van der Waals surface area contributed by atoms with Gasteiger partial charge in [-0.1, -0.05) is 32.0 Å². The molecule has 0 aliphatic carbocycles. The van der Waals surface area contributed by atoms with Crippen LogP contribution in [-0.4, -0.2) is 5.84 Å². The van der Waals surface area contributed by atoms with Gasteiger partial charge in [-0.05, 0) is 58.1 Å². The smallest absolute Gasteiger partial charge is 0.139 e. The van der Waals surface area contributed by atoms with Crippen molar-refractivity contribution in [2.75, 3.05) is 0 Å². The molecule has 0 aliphatic heterocycles. The molecule has 0 saturated heterocycles. The fourth-order valence-corrected chi connectivity index (χ4v) is 2.62. The standard InChI is InChI=1S/C17H19BrN2O/c1-10(2)12-8-7-11(3)15(9-12)21-14-6-4-5-13(18)16(14)17(19)20/h4-10H,1-3H3,(H3,19,20). The molecule has 2 rings (SSSR count). The maximum atomic E-state index is 7.71. The topological polar surface area (TPSA) is 59.1 Å². The van der Waals surface area contributed by atoms with Gasteiger partial charge in [0.05, 0.1) is 5.56 Å². The number of hydrogen-bond acceptors (Lipinski definition) is 2. The minimum absolute atomic E-state index is 0.0184. The van der Waals surface area contributed by atoms with E-state index in [2.05, 4.69) is 41.9 Å². The quantitative estimate of drug-likeness (QED) is 0.607. The minimum atomic E-state index is -0.0184. The predicted molar refractivity (Wildman–Crippen MR) is 90.5 cm³/mol. The van der Waals surface area contributed by atoms with Crippen LogP contribution in [0.25, 0.3) is 0 Å². The second-order valence-electron chi connectivity index (χ2n) is 5.31. The first-order valence-corrected chi connectivity index (χ1v) is 7.60. The van der Waals surface area contributed by atoms with E-state index in [-0.39, 0.29) is 5.84 Å². The number of halogens is 1. The van der Waals surface area contributed by atoms with Gasteiger partial charge in [0.15, 0.2) is 0 Å². The number of nitrogen functional groups attached to an aromatic ring is 1. The van der Waals surface area contributed by atoms with Crippen molar-refractivity contribution in [2.24, 2.45) is 5.73 Å². The molecule has 2 aromatic carbocycles. The highest BCUT2D eigenvalue weighted by Crippen LogP contribution is 2.33. The summed E-state index contributed by atoms with van der Waals surface area (Å²) in [4.78, 5) is 0. The van der Waals surface area contributed by atoms with E-state index in [1.54, 1.807) is 0 Å². The first kappa shape index (κ1) is 15.6. The summed E-state index contributed by atoms with van der Waals surface area (Å²) >= 11 is 3.42. The van der Waals surface area contributed by atoms with Crippen LogP contribution in [0.15, 0.2) is 40.9 Å². The second-order valence-corrected chi connectivity index (χ2v) is 6.16. The normalized spacial score (nSPS) is 10.7. The summed E-state index contributed by atoms with van der Waals surface area (Å²) in [5.74, 6) is 1.79. The van der Waals surface area contributed by atoms with E-state index in [0.717, 1.165) is 15.8 Å². The van der Waals surface area contributed by atoms with Gasteiger partial charge in [0.2, 0.25) is 0 Å². The summed E-state index contributed by atoms with van der Waals surface area (Å²) in [5, 5.41) is 7.71. The highest BCUT2D eigenvalue weighted by atomic mass is 79.9. The van der Waals surface area contributed by atoms with Crippen LogP contribution in [0.4, 0.5) is 0 Å². The maximum Gasteiger partial charge on any atom is 0.139 e. The zero-order valence-electron chi connectivity index (χ0n) is 12.4. The average Bonchev–Trinajstić information content (AvgIpc) is 2.40. The lowest BCUT2D eigenvalue weighted by Crippen LogP contribution is -2.13. The van der Waals surface area contributed by atoms with Crippen LogP contribution >= 0.6 is 15.9 Å². The van der Waals surface area contributed by atoms with E-state index in [1.165, 1.54) is 5.56 Å². The van der Waals surface area contributed by atoms with Gasteiger partial charge in [-0.2, -0.15) is 0 Å². The van der Waals surface area contributed by atoms with Gasteiger partial charge in [0, 0.05) is 4.47 Å². The van der Waals surface area contributed by atoms with Gasteiger partial charge in [-0.15, -0.1) is 0 Å². The number of nitrogens with two attached hydrogens (primary N) is 1. The van der Waals surface area contributed by atoms with Crippen LogP contribution in [0.5, 0.6) is 11.5 Å². The molecule has 0 unspecified atom stereocenters. The van der Waals surface area contributed by atoms with E-state index in [1.807, 2.05) is 31.2 Å². The van der Waals surface area contributed by atoms with Gasteiger partial charge in [-0.25, -0.2) is 0 Å². The van der Waals surface area contributed by atoms with Crippen LogP contribution < -0.4 is 10.5 Å². The first-order chi connectivity index (χ1) is 9.90. The molecule has 4 heteroatoms. The van der Waals surface area contributed by atoms with Crippen molar-refractivity contribution in [1.82, 2.24) is 0 Å². The van der Waals surface area contributed by atoms with Crippen LogP contribution in [0.2, 0.25) is 0 Å². The lowest BCUT2D eigenvalue weighted by molar-refractivity contribution is 0.476. The van der Waals surface area contributed by atoms with Gasteiger partial charge < -0.3 is 10.5 Å². The second kappa shape index (κ2) is 6.31. The van der Waals surface area contributed by atoms with Crippen molar-refractivity contribution in [3.05, 3.63) is 57.6 Å². The molecule has 0 aromatic heterocycles. The number of amidine groups is 1. The Morgan fingerprint density at radius 2 is 1.90 bits per heavy atom. The third-order valence-corrected chi connectivity index (χ3v) is 4.00. The molecule has 0 atom stereocenters. The lowest BCUT2D eigenvalue weighted by Gasteiger charge is -2.15. The Balaban J connectivity index is 2.46. The third kappa shape index (κ3) is 3.45. The van der Waals surface area contributed by atoms with E-state index < -0.39 is 0 Å². The molecular formula is C17H19BrN2O. The number of benzene rings is 2. The Bertz CT molecular complexity index is 680. The van der Waals surface area contributed by atoms with Crippen molar-refractivity contribution in [2.45, 2.75) is 26.7 Å². The highest BCUT2D eigenvalue weighted by Gasteiger charge is 2.13. The molecule has 0 bridgehead atoms. The van der Waals surface area contributed by atoms with E-state index in [9.17, 15) is 0 Å². The minimum Gasteiger partial charge on any atom is -0.456 e. The van der Waals surface area contributed by atoms with Crippen molar-refractivity contribution >= 4 is 21.8 Å². The zero-order valence-corrected chi connectivity index (χ0v) is 14.0. The molecular weight excluding hydrogens is 328 g/mol. The van der Waals surface area contributed by atoms with Gasteiger partial charge in [0.1, 0.15) is 17.3 Å². The Morgan fingerprint density at radius 1 is 1.19 bits per heavy atom. The van der Waals surface area contributed by atoms with Crippen molar-refractivity contribution < 1.29 is 4.74 Å². The summed E-state index contributed by atoms with van der Waals surface area (Å²) in [6.45, 7) is 6.30. The molecule has 0 aliphatic rings. The highest BCUT2D eigenvalue weighted by molar-refractivity contribution is 9.10. The summed E-state index contributed by atoms with van der Waals surface area (Å²) in [6.07, 6.45) is 0. The summed E-state index contributed by atoms with van der Waals surface area (Å²) in [7, 11) is 0. The number of rotatable bonds is 4. The molecule has 21 heavy (non-hydrogen) atoms. The first-order valence-electron chi connectivity index (χ1n) is 6.81. The molecule has 0 amide bonds. The van der Waals surface area contributed by atoms with Crippen LogP contribution in [-0.2, 0) is 0 Å². The Morgan fingerprint density at radius 3 is 2.52 bits per heavy atom. The summed E-state index contributed by atoms with van der Waals surface area (Å²) < 4.78 is 6.78. The van der Waals surface area contributed by atoms with E-state index >= 15 is 0 Å². The molecule has 0 spiro atoms. The molecule has 110 valence electrons. The van der Waals surface area contributed by atoms with Crippen molar-refractivity contribution in [1.29, 1.82) is 5.41 Å².